The number of carboxylic acids is 1. The molecule has 0 bridgehead atoms. The zero-order valence-electron chi connectivity index (χ0n) is 13.5. The summed E-state index contributed by atoms with van der Waals surface area (Å²) in [5.74, 6) is -1.11. The number of imidazole rings is 1. The fourth-order valence-corrected chi connectivity index (χ4v) is 2.44. The average Bonchev–Trinajstić information content (AvgIpc) is 3.13. The third-order valence-corrected chi connectivity index (χ3v) is 3.46. The maximum absolute atomic E-state index is 11.3. The Morgan fingerprint density at radius 3 is 2.91 bits per heavy atom. The number of carbonyl (C=O) groups is 1. The van der Waals surface area contributed by atoms with Crippen LogP contribution < -0.4 is 29.6 Å². The Hall–Kier alpha value is -2.29. The molecule has 4 aromatic rings. The molecule has 0 saturated carbocycles. The molecule has 0 unspecified atom stereocenters. The van der Waals surface area contributed by atoms with E-state index in [4.69, 9.17) is 0 Å². The van der Waals surface area contributed by atoms with Crippen molar-refractivity contribution in [2.45, 2.75) is 6.92 Å². The molecule has 1 N–H and O–H groups in total. The molecule has 23 heavy (non-hydrogen) atoms. The second kappa shape index (κ2) is 5.73. The number of aryl methyl sites for hydroxylation is 1. The van der Waals surface area contributed by atoms with Gasteiger partial charge in [0.1, 0.15) is 12.7 Å². The number of nitrogens with zero attached hydrogens (tertiary/aromatic N) is 6. The minimum absolute atomic E-state index is 0. The van der Waals surface area contributed by atoms with Gasteiger partial charge >= 0.3 is 35.5 Å². The van der Waals surface area contributed by atoms with Gasteiger partial charge in [0.15, 0.2) is 17.0 Å². The summed E-state index contributed by atoms with van der Waals surface area (Å²) in [6.45, 7) is 1.87. The van der Waals surface area contributed by atoms with Crippen molar-refractivity contribution < 1.29 is 40.9 Å². The molecule has 4 heterocycles. The molecule has 110 valence electrons. The largest absolute Gasteiger partial charge is 1.00 e. The van der Waals surface area contributed by atoms with Gasteiger partial charge in [-0.25, -0.2) is 24.3 Å². The predicted octanol–water partition coefficient (Wildman–Crippen LogP) is -1.44. The number of hydrogen-bond donors (Lipinski definition) is 1. The van der Waals surface area contributed by atoms with Gasteiger partial charge in [0.25, 0.3) is 0 Å². The standard InChI is InChI=1S/C14H10N6O2.Na.H/c1-8-5-9(10-3-2-4-11-15-6-17-20(10)11)18-13-12(14(21)22)16-7-19(8)13;;/h2-7H,1H3,(H,21,22);;/q;+1;-1. The van der Waals surface area contributed by atoms with E-state index in [2.05, 4.69) is 20.1 Å². The predicted molar refractivity (Wildman–Crippen MR) is 77.8 cm³/mol. The van der Waals surface area contributed by atoms with Crippen LogP contribution >= 0.6 is 0 Å². The molecular formula is C14H11N6NaO2. The van der Waals surface area contributed by atoms with Crippen molar-refractivity contribution in [2.24, 2.45) is 0 Å². The molecule has 0 saturated heterocycles. The first-order chi connectivity index (χ1) is 10.6. The van der Waals surface area contributed by atoms with E-state index >= 15 is 0 Å². The van der Waals surface area contributed by atoms with Gasteiger partial charge in [-0.15, -0.1) is 0 Å². The molecule has 4 rings (SSSR count). The van der Waals surface area contributed by atoms with E-state index in [-0.39, 0.29) is 36.7 Å². The van der Waals surface area contributed by atoms with Crippen molar-refractivity contribution >= 4 is 17.3 Å². The van der Waals surface area contributed by atoms with E-state index in [1.807, 2.05) is 31.2 Å². The Morgan fingerprint density at radius 1 is 1.30 bits per heavy atom. The Labute approximate surface area is 153 Å². The first kappa shape index (κ1) is 15.6. The Balaban J connectivity index is 0.00000104. The van der Waals surface area contributed by atoms with Gasteiger partial charge in [-0.3, -0.25) is 4.40 Å². The van der Waals surface area contributed by atoms with Crippen LogP contribution in [-0.4, -0.2) is 40.0 Å². The van der Waals surface area contributed by atoms with Gasteiger partial charge in [0.2, 0.25) is 0 Å². The van der Waals surface area contributed by atoms with Crippen LogP contribution in [0.15, 0.2) is 36.9 Å². The van der Waals surface area contributed by atoms with Gasteiger partial charge in [0.05, 0.1) is 11.4 Å². The molecule has 0 atom stereocenters. The van der Waals surface area contributed by atoms with Crippen LogP contribution in [0.5, 0.6) is 0 Å². The second-order valence-corrected chi connectivity index (χ2v) is 4.82. The number of hydrogen-bond acceptors (Lipinski definition) is 5. The molecule has 0 radical (unpaired) electrons. The van der Waals surface area contributed by atoms with Gasteiger partial charge in [-0.05, 0) is 25.1 Å². The minimum Gasteiger partial charge on any atom is -1.00 e. The fraction of sp³-hybridized carbons (Fsp3) is 0.0714. The molecule has 0 fully saturated rings. The van der Waals surface area contributed by atoms with Crippen molar-refractivity contribution in [2.75, 3.05) is 0 Å². The normalized spacial score (nSPS) is 10.8. The van der Waals surface area contributed by atoms with E-state index in [9.17, 15) is 9.90 Å². The van der Waals surface area contributed by atoms with Crippen molar-refractivity contribution in [3.05, 3.63) is 48.3 Å². The molecule has 0 aliphatic carbocycles. The average molecular weight is 318 g/mol. The first-order valence-corrected chi connectivity index (χ1v) is 6.52. The van der Waals surface area contributed by atoms with Crippen molar-refractivity contribution in [1.29, 1.82) is 0 Å². The van der Waals surface area contributed by atoms with Crippen molar-refractivity contribution in [3.63, 3.8) is 0 Å². The monoisotopic (exact) mass is 318 g/mol. The second-order valence-electron chi connectivity index (χ2n) is 4.82. The van der Waals surface area contributed by atoms with E-state index in [1.54, 1.807) is 8.92 Å². The summed E-state index contributed by atoms with van der Waals surface area (Å²) in [6.07, 6.45) is 2.92. The smallest absolute Gasteiger partial charge is 1.00 e. The van der Waals surface area contributed by atoms with Crippen LogP contribution in [0.3, 0.4) is 0 Å². The van der Waals surface area contributed by atoms with Gasteiger partial charge in [0, 0.05) is 5.69 Å². The van der Waals surface area contributed by atoms with Gasteiger partial charge in [-0.1, -0.05) is 6.07 Å². The zero-order chi connectivity index (χ0) is 15.3. The summed E-state index contributed by atoms with van der Waals surface area (Å²) in [5, 5.41) is 13.4. The number of carboxylic acid groups (broad SMARTS) is 1. The van der Waals surface area contributed by atoms with Crippen LogP contribution in [0.2, 0.25) is 0 Å². The number of aromatic carboxylic acids is 1. The quantitative estimate of drug-likeness (QED) is 0.455. The molecule has 0 aliphatic heterocycles. The van der Waals surface area contributed by atoms with E-state index in [0.717, 1.165) is 11.4 Å². The van der Waals surface area contributed by atoms with Crippen LogP contribution in [0.4, 0.5) is 0 Å². The summed E-state index contributed by atoms with van der Waals surface area (Å²) in [6, 6.07) is 7.41. The number of aromatic nitrogens is 6. The van der Waals surface area contributed by atoms with E-state index < -0.39 is 5.97 Å². The van der Waals surface area contributed by atoms with Crippen LogP contribution in [0.1, 0.15) is 17.6 Å². The van der Waals surface area contributed by atoms with E-state index in [1.165, 1.54) is 12.7 Å². The molecule has 9 heteroatoms. The summed E-state index contributed by atoms with van der Waals surface area (Å²) in [7, 11) is 0. The number of fused-ring (bicyclic) bond motifs is 2. The fourth-order valence-electron chi connectivity index (χ4n) is 2.44. The molecule has 0 aliphatic rings. The van der Waals surface area contributed by atoms with Crippen molar-refractivity contribution in [3.8, 4) is 11.4 Å². The zero-order valence-corrected chi connectivity index (χ0v) is 14.5. The maximum Gasteiger partial charge on any atom is 1.00 e. The molecule has 0 spiro atoms. The number of pyridine rings is 1. The molecule has 8 nitrogen and oxygen atoms in total. The van der Waals surface area contributed by atoms with Crippen LogP contribution in [0, 0.1) is 6.92 Å². The molecular weight excluding hydrogens is 307 g/mol. The summed E-state index contributed by atoms with van der Waals surface area (Å²) in [5.41, 5.74) is 3.11. The van der Waals surface area contributed by atoms with Crippen LogP contribution in [0.25, 0.3) is 22.7 Å². The summed E-state index contributed by atoms with van der Waals surface area (Å²) < 4.78 is 3.31. The molecule has 0 amide bonds. The third-order valence-electron chi connectivity index (χ3n) is 3.46. The first-order valence-electron chi connectivity index (χ1n) is 6.52. The Morgan fingerprint density at radius 2 is 2.13 bits per heavy atom. The summed E-state index contributed by atoms with van der Waals surface area (Å²) in [4.78, 5) is 23.8. The third kappa shape index (κ3) is 2.40. The molecule has 4 aromatic heterocycles. The maximum atomic E-state index is 11.3. The summed E-state index contributed by atoms with van der Waals surface area (Å²) >= 11 is 0. The SMILES string of the molecule is Cc1cc(-c2cccc3ncnn23)nc2c(C(=O)O)ncn12.[H-].[Na+]. The Kier molecular flexibility index (Phi) is 3.88. The topological polar surface area (TPSA) is 97.7 Å². The van der Waals surface area contributed by atoms with Crippen molar-refractivity contribution in [1.82, 2.24) is 29.0 Å². The molecule has 0 aromatic carbocycles. The Bertz CT molecular complexity index is 1040. The van der Waals surface area contributed by atoms with E-state index in [0.29, 0.717) is 17.0 Å². The van der Waals surface area contributed by atoms with Crippen LogP contribution in [-0.2, 0) is 0 Å². The van der Waals surface area contributed by atoms with Gasteiger partial charge in [-0.2, -0.15) is 5.10 Å². The number of rotatable bonds is 2. The minimum atomic E-state index is -1.11. The van der Waals surface area contributed by atoms with Gasteiger partial charge < -0.3 is 6.53 Å².